The first kappa shape index (κ1) is 26.8. The highest BCUT2D eigenvalue weighted by molar-refractivity contribution is 6.30. The van der Waals surface area contributed by atoms with E-state index < -0.39 is 23.9 Å². The van der Waals surface area contributed by atoms with Gasteiger partial charge in [-0.05, 0) is 53.9 Å². The van der Waals surface area contributed by atoms with Gasteiger partial charge in [0.25, 0.3) is 0 Å². The highest BCUT2D eigenvalue weighted by atomic mass is 35.5. The van der Waals surface area contributed by atoms with Crippen LogP contribution in [0.4, 0.5) is 9.18 Å². The monoisotopic (exact) mass is 536 g/mol. The molecule has 0 aliphatic carbocycles. The highest BCUT2D eigenvalue weighted by Gasteiger charge is 2.35. The molecule has 1 unspecified atom stereocenters. The molecule has 0 bridgehead atoms. The standard InChI is InChI=1S/C28H26ClFN4O4/c1-2-38-27(36)25-23(32-28(37)33-26(25)20-6-3-7-22(30)14-20)17-34(16-19-5-4-12-31-15-19)24(35)13-18-8-10-21(29)11-9-18/h3-12,14-15,26H,2,13,16-17H2,1H3,(H2,32,33,37). The first-order chi connectivity index (χ1) is 18.3. The molecule has 8 nitrogen and oxygen atoms in total. The third-order valence-corrected chi connectivity index (χ3v) is 6.15. The van der Waals surface area contributed by atoms with Crippen LogP contribution in [0.2, 0.25) is 5.02 Å². The number of carbonyl (C=O) groups is 3. The van der Waals surface area contributed by atoms with Crippen LogP contribution in [0.15, 0.2) is 84.3 Å². The molecular weight excluding hydrogens is 511 g/mol. The average molecular weight is 537 g/mol. The molecule has 38 heavy (non-hydrogen) atoms. The van der Waals surface area contributed by atoms with E-state index in [0.29, 0.717) is 10.6 Å². The summed E-state index contributed by atoms with van der Waals surface area (Å²) >= 11 is 5.98. The first-order valence-electron chi connectivity index (χ1n) is 12.0. The first-order valence-corrected chi connectivity index (χ1v) is 12.4. The number of pyridine rings is 1. The molecule has 3 aromatic rings. The van der Waals surface area contributed by atoms with Crippen LogP contribution >= 0.6 is 11.6 Å². The van der Waals surface area contributed by atoms with Gasteiger partial charge >= 0.3 is 12.0 Å². The summed E-state index contributed by atoms with van der Waals surface area (Å²) in [5, 5.41) is 5.90. The van der Waals surface area contributed by atoms with E-state index in [4.69, 9.17) is 16.3 Å². The number of benzene rings is 2. The molecule has 3 amide bonds. The molecule has 0 fully saturated rings. The molecule has 0 spiro atoms. The molecule has 1 aliphatic heterocycles. The molecular formula is C28H26ClFN4O4. The van der Waals surface area contributed by atoms with Crippen LogP contribution < -0.4 is 10.6 Å². The van der Waals surface area contributed by atoms with Crippen LogP contribution in [0.25, 0.3) is 0 Å². The molecule has 0 saturated carbocycles. The summed E-state index contributed by atoms with van der Waals surface area (Å²) in [4.78, 5) is 45.0. The summed E-state index contributed by atoms with van der Waals surface area (Å²) in [6, 6.07) is 14.6. The zero-order valence-corrected chi connectivity index (χ0v) is 21.4. The molecule has 2 aromatic carbocycles. The van der Waals surface area contributed by atoms with Gasteiger partial charge in [-0.2, -0.15) is 0 Å². The highest BCUT2D eigenvalue weighted by Crippen LogP contribution is 2.29. The summed E-state index contributed by atoms with van der Waals surface area (Å²) in [6.45, 7) is 1.82. The quantitative estimate of drug-likeness (QED) is 0.397. The predicted octanol–water partition coefficient (Wildman–Crippen LogP) is 4.32. The van der Waals surface area contributed by atoms with Gasteiger partial charge in [0, 0.05) is 24.0 Å². The average Bonchev–Trinajstić information content (AvgIpc) is 2.90. The molecule has 1 aliphatic rings. The maximum absolute atomic E-state index is 14.1. The lowest BCUT2D eigenvalue weighted by Crippen LogP contribution is -2.49. The molecule has 0 radical (unpaired) electrons. The van der Waals surface area contributed by atoms with Crippen LogP contribution in [-0.4, -0.2) is 40.9 Å². The van der Waals surface area contributed by atoms with Crippen molar-refractivity contribution in [3.63, 3.8) is 0 Å². The van der Waals surface area contributed by atoms with Gasteiger partial charge < -0.3 is 20.3 Å². The van der Waals surface area contributed by atoms with Crippen molar-refractivity contribution in [2.45, 2.75) is 25.9 Å². The fourth-order valence-electron chi connectivity index (χ4n) is 4.15. The normalized spacial score (nSPS) is 14.9. The number of halogens is 2. The number of nitrogens with zero attached hydrogens (tertiary/aromatic N) is 2. The Morgan fingerprint density at radius 2 is 1.87 bits per heavy atom. The Bertz CT molecular complexity index is 1350. The Balaban J connectivity index is 1.73. The molecule has 1 aromatic heterocycles. The van der Waals surface area contributed by atoms with E-state index in [1.165, 1.54) is 23.1 Å². The topological polar surface area (TPSA) is 101 Å². The summed E-state index contributed by atoms with van der Waals surface area (Å²) in [6.07, 6.45) is 3.33. The van der Waals surface area contributed by atoms with Crippen molar-refractivity contribution < 1.29 is 23.5 Å². The Labute approximate surface area is 224 Å². The van der Waals surface area contributed by atoms with Crippen molar-refractivity contribution in [3.05, 3.63) is 112 Å². The van der Waals surface area contributed by atoms with Crippen molar-refractivity contribution in [2.75, 3.05) is 13.2 Å². The smallest absolute Gasteiger partial charge is 0.338 e. The molecule has 4 rings (SSSR count). The third-order valence-electron chi connectivity index (χ3n) is 5.90. The summed E-state index contributed by atoms with van der Waals surface area (Å²) in [7, 11) is 0. The van der Waals surface area contributed by atoms with E-state index in [9.17, 15) is 18.8 Å². The van der Waals surface area contributed by atoms with E-state index in [2.05, 4.69) is 15.6 Å². The summed E-state index contributed by atoms with van der Waals surface area (Å²) in [5.41, 5.74) is 2.16. The molecule has 0 saturated heterocycles. The second kappa shape index (κ2) is 12.3. The molecule has 1 atom stereocenters. The lowest BCUT2D eigenvalue weighted by Gasteiger charge is -2.32. The van der Waals surface area contributed by atoms with Gasteiger partial charge in [-0.15, -0.1) is 0 Å². The zero-order chi connectivity index (χ0) is 27.1. The Morgan fingerprint density at radius 1 is 1.08 bits per heavy atom. The van der Waals surface area contributed by atoms with Crippen LogP contribution in [0.3, 0.4) is 0 Å². The van der Waals surface area contributed by atoms with Crippen molar-refractivity contribution in [3.8, 4) is 0 Å². The van der Waals surface area contributed by atoms with Gasteiger partial charge in [0.2, 0.25) is 5.91 Å². The lowest BCUT2D eigenvalue weighted by atomic mass is 9.94. The number of esters is 1. The van der Waals surface area contributed by atoms with Crippen LogP contribution in [0, 0.1) is 5.82 Å². The van der Waals surface area contributed by atoms with Gasteiger partial charge in [0.15, 0.2) is 0 Å². The van der Waals surface area contributed by atoms with Gasteiger partial charge in [-0.3, -0.25) is 9.78 Å². The van der Waals surface area contributed by atoms with E-state index >= 15 is 0 Å². The predicted molar refractivity (Wildman–Crippen MR) is 139 cm³/mol. The number of aromatic nitrogens is 1. The minimum Gasteiger partial charge on any atom is -0.463 e. The number of urea groups is 1. The maximum atomic E-state index is 14.1. The Hall–Kier alpha value is -4.24. The van der Waals surface area contributed by atoms with E-state index in [0.717, 1.165) is 11.1 Å². The SMILES string of the molecule is CCOC(=O)C1=C(CN(Cc2cccnc2)C(=O)Cc2ccc(Cl)cc2)NC(=O)NC1c1cccc(F)c1. The van der Waals surface area contributed by atoms with E-state index in [1.54, 1.807) is 55.7 Å². The Kier molecular flexibility index (Phi) is 8.70. The van der Waals surface area contributed by atoms with Crippen LogP contribution in [0.1, 0.15) is 29.7 Å². The van der Waals surface area contributed by atoms with E-state index in [-0.39, 0.29) is 43.3 Å². The lowest BCUT2D eigenvalue weighted by molar-refractivity contribution is -0.139. The number of hydrogen-bond donors (Lipinski definition) is 2. The number of rotatable bonds is 9. The van der Waals surface area contributed by atoms with E-state index in [1.807, 2.05) is 6.07 Å². The van der Waals surface area contributed by atoms with Crippen molar-refractivity contribution in [1.29, 1.82) is 0 Å². The molecule has 2 N–H and O–H groups in total. The minimum absolute atomic E-state index is 0.0684. The van der Waals surface area contributed by atoms with Crippen molar-refractivity contribution >= 4 is 29.5 Å². The molecule has 196 valence electrons. The van der Waals surface area contributed by atoms with Crippen molar-refractivity contribution in [2.24, 2.45) is 0 Å². The second-order valence-electron chi connectivity index (χ2n) is 8.61. The van der Waals surface area contributed by atoms with Crippen molar-refractivity contribution in [1.82, 2.24) is 20.5 Å². The van der Waals surface area contributed by atoms with Gasteiger partial charge in [0.1, 0.15) is 5.82 Å². The molecule has 2 heterocycles. The number of amides is 3. The van der Waals surface area contributed by atoms with Crippen LogP contribution in [-0.2, 0) is 27.3 Å². The number of carbonyl (C=O) groups excluding carboxylic acids is 3. The fraction of sp³-hybridized carbons (Fsp3) is 0.214. The fourth-order valence-corrected chi connectivity index (χ4v) is 4.28. The summed E-state index contributed by atoms with van der Waals surface area (Å²) in [5.74, 6) is -1.45. The number of nitrogens with one attached hydrogen (secondary N) is 2. The van der Waals surface area contributed by atoms with Gasteiger partial charge in [-0.1, -0.05) is 41.9 Å². The maximum Gasteiger partial charge on any atom is 0.338 e. The third kappa shape index (κ3) is 6.74. The van der Waals surface area contributed by atoms with Gasteiger partial charge in [0.05, 0.1) is 36.9 Å². The van der Waals surface area contributed by atoms with Crippen LogP contribution in [0.5, 0.6) is 0 Å². The Morgan fingerprint density at radius 3 is 2.55 bits per heavy atom. The largest absolute Gasteiger partial charge is 0.463 e. The minimum atomic E-state index is -0.972. The van der Waals surface area contributed by atoms with Gasteiger partial charge in [-0.25, -0.2) is 14.0 Å². The number of ether oxygens (including phenoxy) is 1. The number of hydrogen-bond acceptors (Lipinski definition) is 5. The second-order valence-corrected chi connectivity index (χ2v) is 9.05. The summed E-state index contributed by atoms with van der Waals surface area (Å²) < 4.78 is 19.3. The molecule has 10 heteroatoms. The zero-order valence-electron chi connectivity index (χ0n) is 20.6.